The zero-order valence-corrected chi connectivity index (χ0v) is 9.24. The van der Waals surface area contributed by atoms with Crippen molar-refractivity contribution in [3.05, 3.63) is 35.9 Å². The van der Waals surface area contributed by atoms with E-state index in [2.05, 4.69) is 4.99 Å². The monoisotopic (exact) mass is 245 g/mol. The summed E-state index contributed by atoms with van der Waals surface area (Å²) in [7, 11) is 0. The molecule has 0 aromatic heterocycles. The first-order chi connectivity index (χ1) is 7.09. The zero-order chi connectivity index (χ0) is 11.3. The third-order valence-electron chi connectivity index (χ3n) is 1.61. The molecule has 80 valence electrons. The van der Waals surface area contributed by atoms with Crippen molar-refractivity contribution in [3.63, 3.8) is 0 Å². The lowest BCUT2D eigenvalue weighted by atomic mass is 10.1. The average molecular weight is 246 g/mol. The predicted octanol–water partition coefficient (Wildman–Crippen LogP) is 1.68. The van der Waals surface area contributed by atoms with Crippen LogP contribution in [0, 0.1) is 0 Å². The molecule has 1 rings (SSSR count). The van der Waals surface area contributed by atoms with Crippen LogP contribution in [0.15, 0.2) is 35.3 Å². The Kier molecular flexibility index (Phi) is 4.39. The summed E-state index contributed by atoms with van der Waals surface area (Å²) in [6.07, 6.45) is 0.170. The Morgan fingerprint density at radius 2 is 1.93 bits per heavy atom. The van der Waals surface area contributed by atoms with Crippen molar-refractivity contribution >= 4 is 35.4 Å². The van der Waals surface area contributed by atoms with Gasteiger partial charge in [-0.1, -0.05) is 30.3 Å². The molecule has 0 aliphatic carbocycles. The van der Waals surface area contributed by atoms with Crippen LogP contribution in [0.1, 0.15) is 5.56 Å². The fourth-order valence-electron chi connectivity index (χ4n) is 0.976. The Balaban J connectivity index is 2.61. The van der Waals surface area contributed by atoms with Gasteiger partial charge in [0.15, 0.2) is 0 Å². The number of hydrogen-bond donors (Lipinski definition) is 1. The summed E-state index contributed by atoms with van der Waals surface area (Å²) in [5.41, 5.74) is 6.12. The fourth-order valence-corrected chi connectivity index (χ4v) is 1.05. The maximum absolute atomic E-state index is 11.3. The van der Waals surface area contributed by atoms with E-state index in [-0.39, 0.29) is 12.4 Å². The highest BCUT2D eigenvalue weighted by Crippen LogP contribution is 2.02. The predicted molar refractivity (Wildman–Crippen MR) is 60.3 cm³/mol. The molecule has 1 aromatic carbocycles. The molecule has 0 aliphatic rings. The molecule has 1 amide bonds. The molecule has 0 radical (unpaired) electrons. The number of amides is 1. The van der Waals surface area contributed by atoms with Crippen molar-refractivity contribution in [1.82, 2.24) is 3.94 Å². The van der Waals surface area contributed by atoms with E-state index in [0.717, 1.165) is 5.56 Å². The number of benzene rings is 1. The molecule has 0 heterocycles. The highest BCUT2D eigenvalue weighted by molar-refractivity contribution is 6.42. The van der Waals surface area contributed by atoms with Gasteiger partial charge in [-0.3, -0.25) is 4.79 Å². The van der Waals surface area contributed by atoms with Gasteiger partial charge in [-0.15, -0.1) is 0 Å². The normalized spacial score (nSPS) is 11.2. The van der Waals surface area contributed by atoms with Gasteiger partial charge in [0.05, 0.1) is 6.42 Å². The first-order valence-corrected chi connectivity index (χ1v) is 4.80. The lowest BCUT2D eigenvalue weighted by Crippen LogP contribution is -2.24. The number of guanidine groups is 1. The smallest absolute Gasteiger partial charge is 0.253 e. The molecule has 1 aromatic rings. The zero-order valence-electron chi connectivity index (χ0n) is 7.73. The molecule has 0 bridgehead atoms. The Morgan fingerprint density at radius 1 is 1.33 bits per heavy atom. The molecule has 0 fully saturated rings. The van der Waals surface area contributed by atoms with E-state index < -0.39 is 5.91 Å². The van der Waals surface area contributed by atoms with Crippen molar-refractivity contribution in [2.24, 2.45) is 10.7 Å². The van der Waals surface area contributed by atoms with Crippen LogP contribution in [-0.2, 0) is 11.2 Å². The molecule has 6 heteroatoms. The van der Waals surface area contributed by atoms with E-state index in [0.29, 0.717) is 3.94 Å². The van der Waals surface area contributed by atoms with Gasteiger partial charge in [-0.25, -0.2) is 0 Å². The minimum absolute atomic E-state index is 0.170. The number of carbonyl (C=O) groups excluding carboxylic acids is 1. The summed E-state index contributed by atoms with van der Waals surface area (Å²) < 4.78 is 0.545. The quantitative estimate of drug-likeness (QED) is 0.490. The molecule has 4 nitrogen and oxygen atoms in total. The lowest BCUT2D eigenvalue weighted by Gasteiger charge is -2.02. The topological polar surface area (TPSA) is 58.7 Å². The van der Waals surface area contributed by atoms with Gasteiger partial charge in [0, 0.05) is 23.6 Å². The Labute approximate surface area is 97.5 Å². The van der Waals surface area contributed by atoms with Crippen LogP contribution in [-0.4, -0.2) is 15.8 Å². The number of hydrogen-bond acceptors (Lipinski definition) is 1. The van der Waals surface area contributed by atoms with Gasteiger partial charge in [0.2, 0.25) is 5.96 Å². The SMILES string of the molecule is NC(=NC(=O)Cc1ccccc1)N(Cl)Cl. The van der Waals surface area contributed by atoms with E-state index in [4.69, 9.17) is 29.3 Å². The largest absolute Gasteiger partial charge is 0.367 e. The molecular formula is C9H9Cl2N3O. The van der Waals surface area contributed by atoms with Crippen LogP contribution >= 0.6 is 23.6 Å². The molecule has 0 spiro atoms. The molecule has 0 atom stereocenters. The first kappa shape index (κ1) is 11.8. The number of rotatable bonds is 2. The van der Waals surface area contributed by atoms with Crippen molar-refractivity contribution < 1.29 is 4.79 Å². The van der Waals surface area contributed by atoms with E-state index in [1.54, 1.807) is 0 Å². The van der Waals surface area contributed by atoms with Crippen LogP contribution in [0.3, 0.4) is 0 Å². The van der Waals surface area contributed by atoms with Crippen LogP contribution in [0.5, 0.6) is 0 Å². The maximum atomic E-state index is 11.3. The molecule has 0 saturated heterocycles. The number of halogens is 2. The van der Waals surface area contributed by atoms with E-state index in [1.807, 2.05) is 30.3 Å². The Morgan fingerprint density at radius 3 is 2.47 bits per heavy atom. The molecule has 0 aliphatic heterocycles. The van der Waals surface area contributed by atoms with Crippen LogP contribution in [0.2, 0.25) is 0 Å². The van der Waals surface area contributed by atoms with E-state index >= 15 is 0 Å². The average Bonchev–Trinajstić information content (AvgIpc) is 2.18. The van der Waals surface area contributed by atoms with Crippen molar-refractivity contribution in [2.45, 2.75) is 6.42 Å². The van der Waals surface area contributed by atoms with E-state index in [9.17, 15) is 4.79 Å². The van der Waals surface area contributed by atoms with Crippen molar-refractivity contribution in [3.8, 4) is 0 Å². The highest BCUT2D eigenvalue weighted by atomic mass is 35.5. The summed E-state index contributed by atoms with van der Waals surface area (Å²) in [4.78, 5) is 14.8. The second kappa shape index (κ2) is 5.58. The third kappa shape index (κ3) is 4.18. The standard InChI is InChI=1S/C9H9Cl2N3O/c10-14(11)9(12)13-8(15)6-7-4-2-1-3-5-7/h1-5H,6H2,(H2,12,13,15). The van der Waals surface area contributed by atoms with E-state index in [1.165, 1.54) is 0 Å². The van der Waals surface area contributed by atoms with Crippen molar-refractivity contribution in [2.75, 3.05) is 0 Å². The molecule has 0 unspecified atom stereocenters. The summed E-state index contributed by atoms with van der Waals surface area (Å²) >= 11 is 10.5. The van der Waals surface area contributed by atoms with Gasteiger partial charge in [0.25, 0.3) is 5.91 Å². The van der Waals surface area contributed by atoms with Gasteiger partial charge in [0.1, 0.15) is 0 Å². The summed E-state index contributed by atoms with van der Waals surface area (Å²) in [5.74, 6) is -0.635. The summed E-state index contributed by atoms with van der Waals surface area (Å²) in [6.45, 7) is 0. The highest BCUT2D eigenvalue weighted by Gasteiger charge is 2.05. The number of aliphatic imine (C=N–C) groups is 1. The first-order valence-electron chi connectivity index (χ1n) is 4.12. The minimum atomic E-state index is -0.398. The third-order valence-corrected chi connectivity index (χ3v) is 1.96. The van der Waals surface area contributed by atoms with Gasteiger partial charge in [-0.05, 0) is 5.56 Å². The minimum Gasteiger partial charge on any atom is -0.367 e. The van der Waals surface area contributed by atoms with Gasteiger partial charge >= 0.3 is 0 Å². The Hall–Kier alpha value is -1.26. The second-order valence-electron chi connectivity index (χ2n) is 2.76. The summed E-state index contributed by atoms with van der Waals surface area (Å²) in [5, 5.41) is 0. The summed E-state index contributed by atoms with van der Waals surface area (Å²) in [6, 6.07) is 9.19. The van der Waals surface area contributed by atoms with Crippen molar-refractivity contribution in [1.29, 1.82) is 0 Å². The Bertz CT molecular complexity index is 365. The second-order valence-corrected chi connectivity index (χ2v) is 3.61. The van der Waals surface area contributed by atoms with Gasteiger partial charge in [-0.2, -0.15) is 8.93 Å². The fraction of sp³-hybridized carbons (Fsp3) is 0.111. The maximum Gasteiger partial charge on any atom is 0.253 e. The van der Waals surface area contributed by atoms with Crippen LogP contribution in [0.4, 0.5) is 0 Å². The molecule has 15 heavy (non-hydrogen) atoms. The molecular weight excluding hydrogens is 237 g/mol. The number of nitrogens with zero attached hydrogens (tertiary/aromatic N) is 2. The number of nitrogens with two attached hydrogens (primary N) is 1. The van der Waals surface area contributed by atoms with Crippen LogP contribution in [0.25, 0.3) is 0 Å². The number of carbonyl (C=O) groups is 1. The van der Waals surface area contributed by atoms with Crippen LogP contribution < -0.4 is 5.73 Å². The molecule has 0 saturated carbocycles. The lowest BCUT2D eigenvalue weighted by molar-refractivity contribution is -0.117. The molecule has 2 N–H and O–H groups in total. The van der Waals surface area contributed by atoms with Gasteiger partial charge < -0.3 is 5.73 Å².